The van der Waals surface area contributed by atoms with E-state index in [1.807, 2.05) is 38.1 Å². The van der Waals surface area contributed by atoms with Gasteiger partial charge in [0, 0.05) is 40.3 Å². The lowest BCUT2D eigenvalue weighted by Gasteiger charge is -2.34. The van der Waals surface area contributed by atoms with Crippen LogP contribution in [0, 0.1) is 0 Å². The molecule has 0 aliphatic carbocycles. The minimum Gasteiger partial charge on any atom is -0.361 e. The summed E-state index contributed by atoms with van der Waals surface area (Å²) in [4.78, 5) is 3.97. The summed E-state index contributed by atoms with van der Waals surface area (Å²) in [6.45, 7) is 4.21. The minimum atomic E-state index is -3.09. The van der Waals surface area contributed by atoms with Crippen LogP contribution in [0.4, 0.5) is 11.6 Å². The Kier molecular flexibility index (Phi) is 5.00. The van der Waals surface area contributed by atoms with Gasteiger partial charge in [-0.05, 0) is 18.6 Å². The van der Waals surface area contributed by atoms with Crippen molar-refractivity contribution in [2.24, 2.45) is 0 Å². The van der Waals surface area contributed by atoms with Gasteiger partial charge in [-0.1, -0.05) is 6.92 Å². The van der Waals surface area contributed by atoms with E-state index in [0.29, 0.717) is 32.6 Å². The van der Waals surface area contributed by atoms with Crippen LogP contribution in [0.1, 0.15) is 13.3 Å². The van der Waals surface area contributed by atoms with Crippen molar-refractivity contribution in [3.63, 3.8) is 0 Å². The molecule has 1 aromatic heterocycles. The highest BCUT2D eigenvalue weighted by Crippen LogP contribution is 2.16. The average molecular weight is 313 g/mol. The lowest BCUT2D eigenvalue weighted by molar-refractivity contribution is 0.383. The molecule has 118 valence electrons. The van der Waals surface area contributed by atoms with E-state index in [2.05, 4.69) is 15.1 Å². The summed E-state index contributed by atoms with van der Waals surface area (Å²) in [6.07, 6.45) is 0.653. The Morgan fingerprint density at radius 2 is 1.81 bits per heavy atom. The van der Waals surface area contributed by atoms with Crippen LogP contribution in [0.2, 0.25) is 0 Å². The summed E-state index contributed by atoms with van der Waals surface area (Å²) in [6, 6.07) is 3.85. The zero-order valence-corrected chi connectivity index (χ0v) is 13.7. The van der Waals surface area contributed by atoms with Gasteiger partial charge in [0.25, 0.3) is 0 Å². The molecule has 1 aromatic rings. The van der Waals surface area contributed by atoms with Gasteiger partial charge in [-0.25, -0.2) is 8.42 Å². The molecule has 0 aromatic carbocycles. The van der Waals surface area contributed by atoms with Crippen LogP contribution >= 0.6 is 0 Å². The SMILES string of the molecule is CCCS(=O)(=O)N1CCN(c2ccc(N(C)C)nn2)CC1. The van der Waals surface area contributed by atoms with Gasteiger partial charge in [-0.2, -0.15) is 4.31 Å². The van der Waals surface area contributed by atoms with E-state index in [1.54, 1.807) is 4.31 Å². The monoisotopic (exact) mass is 313 g/mol. The Hall–Kier alpha value is -1.41. The third-order valence-electron chi connectivity index (χ3n) is 3.51. The maximum absolute atomic E-state index is 12.0. The van der Waals surface area contributed by atoms with Crippen molar-refractivity contribution in [3.8, 4) is 0 Å². The van der Waals surface area contributed by atoms with Crippen LogP contribution < -0.4 is 9.80 Å². The molecule has 8 heteroatoms. The van der Waals surface area contributed by atoms with E-state index in [4.69, 9.17) is 0 Å². The third kappa shape index (κ3) is 3.82. The Labute approximate surface area is 126 Å². The fraction of sp³-hybridized carbons (Fsp3) is 0.692. The zero-order chi connectivity index (χ0) is 15.5. The Morgan fingerprint density at radius 3 is 2.29 bits per heavy atom. The normalized spacial score (nSPS) is 17.0. The fourth-order valence-electron chi connectivity index (χ4n) is 2.31. The molecule has 0 unspecified atom stereocenters. The van der Waals surface area contributed by atoms with Crippen LogP contribution in [-0.4, -0.2) is 68.9 Å². The number of aromatic nitrogens is 2. The first-order chi connectivity index (χ1) is 9.94. The second-order valence-electron chi connectivity index (χ2n) is 5.35. The maximum Gasteiger partial charge on any atom is 0.214 e. The first-order valence-corrected chi connectivity index (χ1v) is 8.79. The predicted octanol–water partition coefficient (Wildman–Crippen LogP) is 0.404. The van der Waals surface area contributed by atoms with Gasteiger partial charge in [-0.15, -0.1) is 10.2 Å². The second-order valence-corrected chi connectivity index (χ2v) is 7.43. The van der Waals surface area contributed by atoms with E-state index in [-0.39, 0.29) is 5.75 Å². The van der Waals surface area contributed by atoms with Crippen LogP contribution in [0.15, 0.2) is 12.1 Å². The highest BCUT2D eigenvalue weighted by Gasteiger charge is 2.26. The first kappa shape index (κ1) is 16.0. The molecule has 1 aliphatic rings. The zero-order valence-electron chi connectivity index (χ0n) is 12.9. The van der Waals surface area contributed by atoms with E-state index in [0.717, 1.165) is 11.6 Å². The van der Waals surface area contributed by atoms with Gasteiger partial charge in [-0.3, -0.25) is 0 Å². The summed E-state index contributed by atoms with van der Waals surface area (Å²) < 4.78 is 25.6. The van der Waals surface area contributed by atoms with Crippen LogP contribution in [0.5, 0.6) is 0 Å². The standard InChI is InChI=1S/C13H23N5O2S/c1-4-11-21(19,20)18-9-7-17(8-10-18)13-6-5-12(14-15-13)16(2)3/h5-6H,4,7-11H2,1-3H3. The molecule has 0 radical (unpaired) electrons. The van der Waals surface area contributed by atoms with E-state index in [1.165, 1.54) is 0 Å². The lowest BCUT2D eigenvalue weighted by atomic mass is 10.3. The minimum absolute atomic E-state index is 0.227. The first-order valence-electron chi connectivity index (χ1n) is 7.18. The Balaban J connectivity index is 1.98. The van der Waals surface area contributed by atoms with Crippen molar-refractivity contribution in [2.45, 2.75) is 13.3 Å². The van der Waals surface area contributed by atoms with Crippen molar-refractivity contribution in [1.82, 2.24) is 14.5 Å². The third-order valence-corrected chi connectivity index (χ3v) is 5.59. The Bertz CT molecular complexity index is 550. The molecule has 1 saturated heterocycles. The van der Waals surface area contributed by atoms with Gasteiger partial charge in [0.1, 0.15) is 0 Å². The second kappa shape index (κ2) is 6.57. The molecule has 7 nitrogen and oxygen atoms in total. The van der Waals surface area contributed by atoms with Crippen molar-refractivity contribution in [2.75, 3.05) is 55.8 Å². The lowest BCUT2D eigenvalue weighted by Crippen LogP contribution is -2.49. The molecular weight excluding hydrogens is 290 g/mol. The van der Waals surface area contributed by atoms with Gasteiger partial charge in [0.05, 0.1) is 5.75 Å². The van der Waals surface area contributed by atoms with Gasteiger partial charge in [0.15, 0.2) is 11.6 Å². The van der Waals surface area contributed by atoms with Crippen molar-refractivity contribution in [1.29, 1.82) is 0 Å². The number of rotatable bonds is 5. The van der Waals surface area contributed by atoms with E-state index < -0.39 is 10.0 Å². The maximum atomic E-state index is 12.0. The summed E-state index contributed by atoms with van der Waals surface area (Å²) in [5.74, 6) is 1.83. The van der Waals surface area contributed by atoms with Gasteiger partial charge in [0.2, 0.25) is 10.0 Å². The van der Waals surface area contributed by atoms with E-state index in [9.17, 15) is 8.42 Å². The number of nitrogens with zero attached hydrogens (tertiary/aromatic N) is 5. The average Bonchev–Trinajstić information content (AvgIpc) is 2.47. The molecule has 21 heavy (non-hydrogen) atoms. The van der Waals surface area contributed by atoms with Crippen LogP contribution in [0.3, 0.4) is 0 Å². The number of sulfonamides is 1. The number of hydrogen-bond donors (Lipinski definition) is 0. The summed E-state index contributed by atoms with van der Waals surface area (Å²) >= 11 is 0. The molecule has 0 bridgehead atoms. The molecule has 0 spiro atoms. The number of piperazine rings is 1. The highest BCUT2D eigenvalue weighted by molar-refractivity contribution is 7.89. The molecule has 0 saturated carbocycles. The molecule has 2 heterocycles. The summed E-state index contributed by atoms with van der Waals surface area (Å²) in [5, 5.41) is 8.37. The number of hydrogen-bond acceptors (Lipinski definition) is 6. The molecule has 0 atom stereocenters. The van der Waals surface area contributed by atoms with Gasteiger partial charge >= 0.3 is 0 Å². The molecule has 1 aliphatic heterocycles. The molecule has 1 fully saturated rings. The van der Waals surface area contributed by atoms with Crippen LogP contribution in [-0.2, 0) is 10.0 Å². The predicted molar refractivity (Wildman–Crippen MR) is 84.2 cm³/mol. The molecule has 0 N–H and O–H groups in total. The highest BCUT2D eigenvalue weighted by atomic mass is 32.2. The topological polar surface area (TPSA) is 69.6 Å². The summed E-state index contributed by atoms with van der Waals surface area (Å²) in [7, 11) is 0.742. The van der Waals surface area contributed by atoms with Crippen LogP contribution in [0.25, 0.3) is 0 Å². The number of anilines is 2. The largest absolute Gasteiger partial charge is 0.361 e. The molecule has 0 amide bonds. The fourth-order valence-corrected chi connectivity index (χ4v) is 3.80. The molecular formula is C13H23N5O2S. The van der Waals surface area contributed by atoms with Crippen molar-refractivity contribution < 1.29 is 8.42 Å². The van der Waals surface area contributed by atoms with Gasteiger partial charge < -0.3 is 9.80 Å². The summed E-state index contributed by atoms with van der Waals surface area (Å²) in [5.41, 5.74) is 0. The van der Waals surface area contributed by atoms with E-state index >= 15 is 0 Å². The Morgan fingerprint density at radius 1 is 1.14 bits per heavy atom. The van der Waals surface area contributed by atoms with Crippen molar-refractivity contribution >= 4 is 21.7 Å². The quantitative estimate of drug-likeness (QED) is 0.784. The smallest absolute Gasteiger partial charge is 0.214 e. The van der Waals surface area contributed by atoms with Crippen molar-refractivity contribution in [3.05, 3.63) is 12.1 Å². The molecule has 2 rings (SSSR count).